The fraction of sp³-hybridized carbons (Fsp3) is 0.280. The van der Waals surface area contributed by atoms with Crippen LogP contribution >= 0.6 is 24.0 Å². The van der Waals surface area contributed by atoms with Gasteiger partial charge in [0.05, 0.1) is 4.91 Å². The third-order valence-corrected chi connectivity index (χ3v) is 6.89. The van der Waals surface area contributed by atoms with Crippen LogP contribution in [0.25, 0.3) is 6.08 Å². The predicted octanol–water partition coefficient (Wildman–Crippen LogP) is 4.26. The Morgan fingerprint density at radius 3 is 2.32 bits per heavy atom. The first-order valence-corrected chi connectivity index (χ1v) is 11.9. The molecule has 4 rings (SSSR count). The third kappa shape index (κ3) is 6.06. The number of nitrogens with zero attached hydrogens (tertiary/aromatic N) is 3. The summed E-state index contributed by atoms with van der Waals surface area (Å²) in [5.74, 6) is 0.0409. The lowest BCUT2D eigenvalue weighted by Gasteiger charge is -2.33. The summed E-state index contributed by atoms with van der Waals surface area (Å²) in [6.45, 7) is 5.41. The molecule has 2 fully saturated rings. The minimum atomic E-state index is 0.0409. The fourth-order valence-corrected chi connectivity index (χ4v) is 5.03. The van der Waals surface area contributed by atoms with Gasteiger partial charge >= 0.3 is 0 Å². The van der Waals surface area contributed by atoms with Crippen molar-refractivity contribution in [3.8, 4) is 0 Å². The molecule has 160 valence electrons. The summed E-state index contributed by atoms with van der Waals surface area (Å²) in [6.07, 6.45) is 7.23. The van der Waals surface area contributed by atoms with Crippen LogP contribution < -0.4 is 0 Å². The van der Waals surface area contributed by atoms with E-state index >= 15 is 0 Å². The van der Waals surface area contributed by atoms with Gasteiger partial charge in [-0.25, -0.2) is 0 Å². The minimum Gasteiger partial charge on any atom is -0.374 e. The van der Waals surface area contributed by atoms with Crippen molar-refractivity contribution in [3.63, 3.8) is 0 Å². The first-order valence-electron chi connectivity index (χ1n) is 10.7. The first-order chi connectivity index (χ1) is 15.2. The van der Waals surface area contributed by atoms with Crippen LogP contribution in [0, 0.1) is 0 Å². The van der Waals surface area contributed by atoms with Gasteiger partial charge in [-0.1, -0.05) is 96.8 Å². The van der Waals surface area contributed by atoms with E-state index in [4.69, 9.17) is 12.2 Å². The van der Waals surface area contributed by atoms with Crippen LogP contribution in [0.2, 0.25) is 0 Å². The zero-order valence-electron chi connectivity index (χ0n) is 17.5. The van der Waals surface area contributed by atoms with Crippen molar-refractivity contribution in [1.29, 1.82) is 0 Å². The van der Waals surface area contributed by atoms with Gasteiger partial charge in [0.25, 0.3) is 5.91 Å². The molecule has 2 aliphatic rings. The number of rotatable bonds is 7. The second-order valence-corrected chi connectivity index (χ2v) is 9.38. The molecule has 2 saturated heterocycles. The van der Waals surface area contributed by atoms with Gasteiger partial charge in [-0.15, -0.1) is 0 Å². The normalized spacial score (nSPS) is 19.2. The number of carbonyl (C=O) groups is 1. The highest BCUT2D eigenvalue weighted by molar-refractivity contribution is 8.26. The van der Waals surface area contributed by atoms with Crippen molar-refractivity contribution in [3.05, 3.63) is 89.0 Å². The fourth-order valence-electron chi connectivity index (χ4n) is 3.71. The maximum atomic E-state index is 12.9. The summed E-state index contributed by atoms with van der Waals surface area (Å²) in [4.78, 5) is 20.0. The average molecular weight is 450 g/mol. The molecule has 0 saturated carbocycles. The topological polar surface area (TPSA) is 26.8 Å². The molecular weight excluding hydrogens is 422 g/mol. The molecule has 0 spiro atoms. The molecule has 0 aromatic heterocycles. The largest absolute Gasteiger partial charge is 0.374 e. The molecule has 0 unspecified atom stereocenters. The molecule has 2 heterocycles. The van der Waals surface area contributed by atoms with Crippen molar-refractivity contribution >= 4 is 40.3 Å². The summed E-state index contributed by atoms with van der Waals surface area (Å²) in [5, 5.41) is 0. The Morgan fingerprint density at radius 2 is 1.61 bits per heavy atom. The number of carbonyl (C=O) groups excluding carboxylic acids is 1. The number of thioether (sulfide) groups is 1. The minimum absolute atomic E-state index is 0.0409. The van der Waals surface area contributed by atoms with Crippen LogP contribution in [0.15, 0.2) is 77.8 Å². The second kappa shape index (κ2) is 10.8. The zero-order valence-corrected chi connectivity index (χ0v) is 19.2. The Morgan fingerprint density at radius 1 is 0.935 bits per heavy atom. The Kier molecular flexibility index (Phi) is 7.57. The Balaban J connectivity index is 1.25. The molecule has 6 heteroatoms. The SMILES string of the molecule is O=C1/C(=C/N2CCN(C/C=C/c3ccccc3)CC2)SC(=S)N1CCc1ccccc1. The van der Waals surface area contributed by atoms with E-state index in [0.29, 0.717) is 10.9 Å². The van der Waals surface area contributed by atoms with E-state index in [0.717, 1.165) is 44.0 Å². The Hall–Kier alpha value is -2.41. The number of hydrogen-bond donors (Lipinski definition) is 0. The molecule has 0 radical (unpaired) electrons. The van der Waals surface area contributed by atoms with Gasteiger partial charge in [0.1, 0.15) is 4.32 Å². The van der Waals surface area contributed by atoms with Crippen LogP contribution in [0.4, 0.5) is 0 Å². The second-order valence-electron chi connectivity index (χ2n) is 7.70. The smallest absolute Gasteiger partial charge is 0.267 e. The van der Waals surface area contributed by atoms with Crippen LogP contribution in [0.3, 0.4) is 0 Å². The molecule has 0 N–H and O–H groups in total. The van der Waals surface area contributed by atoms with Gasteiger partial charge in [0, 0.05) is 45.5 Å². The molecule has 2 aromatic carbocycles. The van der Waals surface area contributed by atoms with E-state index in [1.807, 2.05) is 30.5 Å². The van der Waals surface area contributed by atoms with Gasteiger partial charge in [-0.2, -0.15) is 0 Å². The lowest BCUT2D eigenvalue weighted by molar-refractivity contribution is -0.122. The van der Waals surface area contributed by atoms with E-state index in [1.165, 1.54) is 22.9 Å². The summed E-state index contributed by atoms with van der Waals surface area (Å²) in [7, 11) is 0. The summed E-state index contributed by atoms with van der Waals surface area (Å²) < 4.78 is 0.664. The number of amides is 1. The molecule has 31 heavy (non-hydrogen) atoms. The van der Waals surface area contributed by atoms with E-state index in [1.54, 1.807) is 4.90 Å². The Bertz CT molecular complexity index is 951. The van der Waals surface area contributed by atoms with E-state index in [2.05, 4.69) is 58.4 Å². The van der Waals surface area contributed by atoms with Crippen LogP contribution in [-0.2, 0) is 11.2 Å². The van der Waals surface area contributed by atoms with E-state index in [9.17, 15) is 4.79 Å². The molecular formula is C25H27N3OS2. The summed E-state index contributed by atoms with van der Waals surface area (Å²) in [6, 6.07) is 20.6. The molecule has 0 atom stereocenters. The highest BCUT2D eigenvalue weighted by atomic mass is 32.2. The number of hydrogen-bond acceptors (Lipinski definition) is 5. The van der Waals surface area contributed by atoms with Crippen LogP contribution in [0.1, 0.15) is 11.1 Å². The van der Waals surface area contributed by atoms with Crippen molar-refractivity contribution in [1.82, 2.24) is 14.7 Å². The van der Waals surface area contributed by atoms with Crippen molar-refractivity contribution in [2.24, 2.45) is 0 Å². The molecule has 0 bridgehead atoms. The number of benzene rings is 2. The quantitative estimate of drug-likeness (QED) is 0.465. The monoisotopic (exact) mass is 449 g/mol. The van der Waals surface area contributed by atoms with Crippen molar-refractivity contribution < 1.29 is 4.79 Å². The van der Waals surface area contributed by atoms with Gasteiger partial charge in [0.15, 0.2) is 0 Å². The van der Waals surface area contributed by atoms with Crippen LogP contribution in [0.5, 0.6) is 0 Å². The van der Waals surface area contributed by atoms with Crippen molar-refractivity contribution in [2.75, 3.05) is 39.3 Å². The zero-order chi connectivity index (χ0) is 21.5. The van der Waals surface area contributed by atoms with Gasteiger partial charge in [-0.05, 0) is 17.5 Å². The lowest BCUT2D eigenvalue weighted by atomic mass is 10.1. The molecule has 2 aromatic rings. The third-order valence-electron chi connectivity index (χ3n) is 5.52. The molecule has 1 amide bonds. The maximum absolute atomic E-state index is 12.9. The van der Waals surface area contributed by atoms with Gasteiger partial charge in [-0.3, -0.25) is 14.6 Å². The number of thiocarbonyl (C=S) groups is 1. The average Bonchev–Trinajstić information content (AvgIpc) is 3.07. The predicted molar refractivity (Wildman–Crippen MR) is 134 cm³/mol. The lowest BCUT2D eigenvalue weighted by Crippen LogP contribution is -2.44. The van der Waals surface area contributed by atoms with Gasteiger partial charge < -0.3 is 4.90 Å². The van der Waals surface area contributed by atoms with Crippen molar-refractivity contribution in [2.45, 2.75) is 6.42 Å². The summed E-state index contributed by atoms with van der Waals surface area (Å²) >= 11 is 6.90. The van der Waals surface area contributed by atoms with E-state index in [-0.39, 0.29) is 5.91 Å². The number of piperazine rings is 1. The molecule has 0 aliphatic carbocycles. The highest BCUT2D eigenvalue weighted by Crippen LogP contribution is 2.31. The standard InChI is InChI=1S/C25H27N3OS2/c29-24-23(31-25(30)28(24)15-13-22-10-5-2-6-11-22)20-27-18-16-26(17-19-27)14-7-12-21-8-3-1-4-9-21/h1-12,20H,13-19H2/b12-7+,23-20-. The Labute approximate surface area is 194 Å². The van der Waals surface area contributed by atoms with Gasteiger partial charge in [0.2, 0.25) is 0 Å². The molecule has 4 nitrogen and oxygen atoms in total. The maximum Gasteiger partial charge on any atom is 0.267 e. The highest BCUT2D eigenvalue weighted by Gasteiger charge is 2.32. The molecule has 2 aliphatic heterocycles. The summed E-state index contributed by atoms with van der Waals surface area (Å²) in [5.41, 5.74) is 2.45. The first kappa shape index (κ1) is 21.8. The van der Waals surface area contributed by atoms with Crippen LogP contribution in [-0.4, -0.2) is 64.2 Å². The van der Waals surface area contributed by atoms with E-state index < -0.39 is 0 Å².